The van der Waals surface area contributed by atoms with Crippen LogP contribution in [0.2, 0.25) is 0 Å². The second kappa shape index (κ2) is 6.31. The molecule has 2 atom stereocenters. The predicted octanol–water partition coefficient (Wildman–Crippen LogP) is -0.550. The minimum atomic E-state index is -0.696. The standard InChI is InChI=1S/C10H18N4O4/c1-6(15)5-14(2)10-12-9(18-13-10)7(11)4-8(16)17-3/h6-7,15H,4-5,11H2,1-3H3/t6?,7-/m1/s1. The number of nitrogens with zero attached hydrogens (tertiary/aromatic N) is 3. The molecule has 1 aromatic rings. The van der Waals surface area contributed by atoms with Crippen molar-refractivity contribution in [1.29, 1.82) is 0 Å². The van der Waals surface area contributed by atoms with Crippen LogP contribution in [0, 0.1) is 0 Å². The minimum absolute atomic E-state index is 0.0295. The third kappa shape index (κ3) is 3.97. The highest BCUT2D eigenvalue weighted by molar-refractivity contribution is 5.69. The molecule has 0 amide bonds. The molecule has 8 nitrogen and oxygen atoms in total. The van der Waals surface area contributed by atoms with Gasteiger partial charge >= 0.3 is 5.97 Å². The van der Waals surface area contributed by atoms with Gasteiger partial charge in [0.15, 0.2) is 0 Å². The van der Waals surface area contributed by atoms with Gasteiger partial charge in [-0.1, -0.05) is 0 Å². The molecule has 1 heterocycles. The molecule has 0 spiro atoms. The first-order valence-corrected chi connectivity index (χ1v) is 5.49. The summed E-state index contributed by atoms with van der Waals surface area (Å²) in [5.41, 5.74) is 5.72. The Morgan fingerprint density at radius 1 is 1.67 bits per heavy atom. The van der Waals surface area contributed by atoms with Crippen LogP contribution in [-0.4, -0.2) is 48.0 Å². The number of aliphatic hydroxyl groups excluding tert-OH is 1. The second-order valence-corrected chi connectivity index (χ2v) is 4.05. The van der Waals surface area contributed by atoms with E-state index in [2.05, 4.69) is 14.9 Å². The first-order valence-electron chi connectivity index (χ1n) is 5.49. The molecule has 1 aromatic heterocycles. The molecule has 102 valence electrons. The predicted molar refractivity (Wildman–Crippen MR) is 62.8 cm³/mol. The zero-order chi connectivity index (χ0) is 13.7. The Balaban J connectivity index is 2.64. The number of carbonyl (C=O) groups is 1. The van der Waals surface area contributed by atoms with Crippen molar-refractivity contribution in [2.24, 2.45) is 5.73 Å². The quantitative estimate of drug-likeness (QED) is 0.653. The van der Waals surface area contributed by atoms with Gasteiger partial charge in [-0.2, -0.15) is 4.98 Å². The lowest BCUT2D eigenvalue weighted by Crippen LogP contribution is -2.27. The molecule has 0 bridgehead atoms. The van der Waals surface area contributed by atoms with Crippen LogP contribution in [0.15, 0.2) is 4.52 Å². The second-order valence-electron chi connectivity index (χ2n) is 4.05. The van der Waals surface area contributed by atoms with E-state index in [1.807, 2.05) is 0 Å². The van der Waals surface area contributed by atoms with Crippen LogP contribution in [0.3, 0.4) is 0 Å². The van der Waals surface area contributed by atoms with E-state index in [4.69, 9.17) is 10.3 Å². The SMILES string of the molecule is COC(=O)C[C@@H](N)c1nc(N(C)CC(C)O)no1. The molecule has 3 N–H and O–H groups in total. The summed E-state index contributed by atoms with van der Waals surface area (Å²) in [6.07, 6.45) is -0.543. The zero-order valence-electron chi connectivity index (χ0n) is 10.7. The summed E-state index contributed by atoms with van der Waals surface area (Å²) in [5, 5.41) is 13.0. The number of ether oxygens (including phenoxy) is 1. The highest BCUT2D eigenvalue weighted by Crippen LogP contribution is 2.15. The molecule has 0 saturated carbocycles. The third-order valence-electron chi connectivity index (χ3n) is 2.24. The van der Waals surface area contributed by atoms with E-state index in [0.717, 1.165) is 0 Å². The van der Waals surface area contributed by atoms with Crippen molar-refractivity contribution in [2.45, 2.75) is 25.5 Å². The first-order chi connectivity index (χ1) is 8.43. The summed E-state index contributed by atoms with van der Waals surface area (Å²) < 4.78 is 9.45. The first kappa shape index (κ1) is 14.4. The lowest BCUT2D eigenvalue weighted by molar-refractivity contribution is -0.141. The summed E-state index contributed by atoms with van der Waals surface area (Å²) in [4.78, 5) is 16.7. The monoisotopic (exact) mass is 258 g/mol. The molecule has 0 aliphatic rings. The number of likely N-dealkylation sites (N-methyl/N-ethyl adjacent to an activating group) is 1. The third-order valence-corrected chi connectivity index (χ3v) is 2.24. The van der Waals surface area contributed by atoms with Gasteiger partial charge in [0.2, 0.25) is 5.89 Å². The number of carbonyl (C=O) groups excluding carboxylic acids is 1. The maximum atomic E-state index is 11.0. The van der Waals surface area contributed by atoms with Gasteiger partial charge < -0.3 is 25.0 Å². The van der Waals surface area contributed by atoms with Crippen molar-refractivity contribution in [3.63, 3.8) is 0 Å². The van der Waals surface area contributed by atoms with Gasteiger partial charge in [-0.05, 0) is 12.1 Å². The molecular formula is C10H18N4O4. The number of hydrogen-bond donors (Lipinski definition) is 2. The van der Waals surface area contributed by atoms with Gasteiger partial charge in [0, 0.05) is 13.6 Å². The molecular weight excluding hydrogens is 240 g/mol. The van der Waals surface area contributed by atoms with E-state index in [1.54, 1.807) is 18.9 Å². The number of nitrogens with two attached hydrogens (primary N) is 1. The van der Waals surface area contributed by atoms with Crippen molar-refractivity contribution in [3.8, 4) is 0 Å². The van der Waals surface area contributed by atoms with E-state index in [0.29, 0.717) is 12.5 Å². The van der Waals surface area contributed by atoms with E-state index in [1.165, 1.54) is 7.11 Å². The summed E-state index contributed by atoms with van der Waals surface area (Å²) in [5.74, 6) is 0.0265. The van der Waals surface area contributed by atoms with Crippen molar-refractivity contribution < 1.29 is 19.2 Å². The molecule has 0 aliphatic heterocycles. The summed E-state index contributed by atoms with van der Waals surface area (Å²) in [6.45, 7) is 2.02. The zero-order valence-corrected chi connectivity index (χ0v) is 10.7. The summed E-state index contributed by atoms with van der Waals surface area (Å²) in [6, 6.07) is -0.696. The maximum Gasteiger partial charge on any atom is 0.307 e. The number of esters is 1. The van der Waals surface area contributed by atoms with Gasteiger partial charge in [0.1, 0.15) is 0 Å². The molecule has 1 rings (SSSR count). The van der Waals surface area contributed by atoms with E-state index < -0.39 is 18.1 Å². The van der Waals surface area contributed by atoms with Gasteiger partial charge in [-0.15, -0.1) is 0 Å². The number of methoxy groups -OCH3 is 1. The minimum Gasteiger partial charge on any atom is -0.469 e. The molecule has 0 fully saturated rings. The molecule has 0 aromatic carbocycles. The number of aliphatic hydroxyl groups is 1. The van der Waals surface area contributed by atoms with Gasteiger partial charge in [-0.3, -0.25) is 4.79 Å². The van der Waals surface area contributed by atoms with Crippen LogP contribution in [0.1, 0.15) is 25.3 Å². The van der Waals surface area contributed by atoms with Gasteiger partial charge in [0.25, 0.3) is 5.95 Å². The van der Waals surface area contributed by atoms with Crippen LogP contribution in [-0.2, 0) is 9.53 Å². The lowest BCUT2D eigenvalue weighted by atomic mass is 10.2. The summed E-state index contributed by atoms with van der Waals surface area (Å²) >= 11 is 0. The molecule has 1 unspecified atom stereocenters. The smallest absolute Gasteiger partial charge is 0.307 e. The van der Waals surface area contributed by atoms with E-state index in [-0.39, 0.29) is 12.3 Å². The molecule has 0 aliphatic carbocycles. The fourth-order valence-corrected chi connectivity index (χ4v) is 1.36. The molecule has 0 saturated heterocycles. The topological polar surface area (TPSA) is 115 Å². The van der Waals surface area contributed by atoms with E-state index in [9.17, 15) is 9.90 Å². The fraction of sp³-hybridized carbons (Fsp3) is 0.700. The normalized spacial score (nSPS) is 14.1. The highest BCUT2D eigenvalue weighted by atomic mass is 16.5. The Morgan fingerprint density at radius 3 is 2.89 bits per heavy atom. The Hall–Kier alpha value is -1.67. The Bertz CT molecular complexity index is 393. The molecule has 18 heavy (non-hydrogen) atoms. The van der Waals surface area contributed by atoms with Crippen LogP contribution in [0.4, 0.5) is 5.95 Å². The number of hydrogen-bond acceptors (Lipinski definition) is 8. The largest absolute Gasteiger partial charge is 0.469 e. The Morgan fingerprint density at radius 2 is 2.33 bits per heavy atom. The van der Waals surface area contributed by atoms with Crippen LogP contribution >= 0.6 is 0 Å². The lowest BCUT2D eigenvalue weighted by Gasteiger charge is -2.15. The van der Waals surface area contributed by atoms with Gasteiger partial charge in [0.05, 0.1) is 25.7 Å². The average molecular weight is 258 g/mol. The Kier molecular flexibility index (Phi) is 5.05. The number of aromatic nitrogens is 2. The van der Waals surface area contributed by atoms with Crippen LogP contribution in [0.25, 0.3) is 0 Å². The highest BCUT2D eigenvalue weighted by Gasteiger charge is 2.20. The maximum absolute atomic E-state index is 11.0. The fourth-order valence-electron chi connectivity index (χ4n) is 1.36. The van der Waals surface area contributed by atoms with Crippen molar-refractivity contribution in [2.75, 3.05) is 25.6 Å². The van der Waals surface area contributed by atoms with E-state index >= 15 is 0 Å². The molecule has 8 heteroatoms. The average Bonchev–Trinajstić information content (AvgIpc) is 2.77. The summed E-state index contributed by atoms with van der Waals surface area (Å²) in [7, 11) is 3.00. The van der Waals surface area contributed by atoms with Crippen LogP contribution in [0.5, 0.6) is 0 Å². The number of rotatable bonds is 6. The van der Waals surface area contributed by atoms with Gasteiger partial charge in [-0.25, -0.2) is 0 Å². The number of anilines is 1. The van der Waals surface area contributed by atoms with Crippen LogP contribution < -0.4 is 10.6 Å². The van der Waals surface area contributed by atoms with Crippen molar-refractivity contribution in [1.82, 2.24) is 10.1 Å². The molecule has 0 radical (unpaired) electrons. The van der Waals surface area contributed by atoms with Crippen molar-refractivity contribution >= 4 is 11.9 Å². The van der Waals surface area contributed by atoms with Crippen molar-refractivity contribution in [3.05, 3.63) is 5.89 Å². The Labute approximate surface area is 105 Å².